The molecule has 0 spiro atoms. The molecule has 1 amide bonds. The maximum absolute atomic E-state index is 12.2. The lowest BCUT2D eigenvalue weighted by molar-refractivity contribution is -0.123. The van der Waals surface area contributed by atoms with Crippen LogP contribution >= 0.6 is 0 Å². The number of carbonyl (C=O) groups excluding carboxylic acids is 1. The number of rotatable bonds is 4. The predicted octanol–water partition coefficient (Wildman–Crippen LogP) is 3.41. The Morgan fingerprint density at radius 1 is 1.10 bits per heavy atom. The van der Waals surface area contributed by atoms with Crippen molar-refractivity contribution >= 4 is 17.3 Å². The molecule has 0 radical (unpaired) electrons. The molecule has 4 heteroatoms. The number of anilines is 2. The topological polar surface area (TPSA) is 50.4 Å². The van der Waals surface area contributed by atoms with Crippen molar-refractivity contribution in [3.8, 4) is 0 Å². The number of benzene rings is 1. The fourth-order valence-electron chi connectivity index (χ4n) is 3.18. The molecule has 1 aromatic carbocycles. The van der Waals surface area contributed by atoms with E-state index in [-0.39, 0.29) is 11.8 Å². The van der Waals surface area contributed by atoms with Crippen LogP contribution in [0.25, 0.3) is 0 Å². The van der Waals surface area contributed by atoms with Gasteiger partial charge in [-0.3, -0.25) is 4.79 Å². The van der Waals surface area contributed by atoms with Crippen molar-refractivity contribution in [1.29, 1.82) is 0 Å². The first-order chi connectivity index (χ1) is 10.3. The van der Waals surface area contributed by atoms with Gasteiger partial charge in [0.25, 0.3) is 0 Å². The molecule has 1 saturated carbocycles. The first-order valence-corrected chi connectivity index (χ1v) is 8.06. The smallest absolute Gasteiger partial charge is 0.229 e. The van der Waals surface area contributed by atoms with E-state index in [0.29, 0.717) is 12.6 Å². The summed E-state index contributed by atoms with van der Waals surface area (Å²) in [6.07, 6.45) is 7.02. The molecule has 2 aliphatic rings. The summed E-state index contributed by atoms with van der Waals surface area (Å²) in [4.78, 5) is 12.2. The van der Waals surface area contributed by atoms with Gasteiger partial charge in [0.05, 0.1) is 12.5 Å². The Hall–Kier alpha value is -1.55. The van der Waals surface area contributed by atoms with E-state index in [2.05, 4.69) is 16.7 Å². The molecule has 0 unspecified atom stereocenters. The summed E-state index contributed by atoms with van der Waals surface area (Å²) >= 11 is 0. The summed E-state index contributed by atoms with van der Waals surface area (Å²) in [6.45, 7) is 1.33. The molecule has 1 saturated heterocycles. The molecule has 1 aromatic rings. The molecule has 0 bridgehead atoms. The number of nitrogens with one attached hydrogen (secondary N) is 2. The van der Waals surface area contributed by atoms with Crippen LogP contribution in [-0.4, -0.2) is 25.2 Å². The van der Waals surface area contributed by atoms with Crippen molar-refractivity contribution in [2.24, 2.45) is 5.92 Å². The summed E-state index contributed by atoms with van der Waals surface area (Å²) in [5.41, 5.74) is 1.97. The zero-order chi connectivity index (χ0) is 14.5. The molecular formula is C17H24N2O2. The van der Waals surface area contributed by atoms with Crippen LogP contribution in [0.4, 0.5) is 11.4 Å². The monoisotopic (exact) mass is 288 g/mol. The van der Waals surface area contributed by atoms with E-state index in [1.54, 1.807) is 0 Å². The van der Waals surface area contributed by atoms with E-state index in [1.165, 1.54) is 25.7 Å². The third-order valence-electron chi connectivity index (χ3n) is 4.39. The van der Waals surface area contributed by atoms with Crippen LogP contribution in [0, 0.1) is 5.92 Å². The van der Waals surface area contributed by atoms with Crippen LogP contribution in [-0.2, 0) is 9.53 Å². The fraction of sp³-hybridized carbons (Fsp3) is 0.588. The molecular weight excluding hydrogens is 264 g/mol. The summed E-state index contributed by atoms with van der Waals surface area (Å²) in [7, 11) is 0. The van der Waals surface area contributed by atoms with Crippen molar-refractivity contribution in [2.75, 3.05) is 23.8 Å². The third-order valence-corrected chi connectivity index (χ3v) is 4.39. The Bertz CT molecular complexity index is 477. The summed E-state index contributed by atoms with van der Waals surface area (Å²) in [5.74, 6) is 0.0675. The number of ether oxygens (including phenoxy) is 1. The SMILES string of the molecule is O=C(Nc1cccc(NC2CCCC2)c1)[C@H]1CCCOC1. The van der Waals surface area contributed by atoms with Crippen molar-refractivity contribution in [1.82, 2.24) is 0 Å². The molecule has 4 nitrogen and oxygen atoms in total. The zero-order valence-corrected chi connectivity index (χ0v) is 12.4. The number of hydrogen-bond acceptors (Lipinski definition) is 3. The lowest BCUT2D eigenvalue weighted by Crippen LogP contribution is -2.30. The average molecular weight is 288 g/mol. The van der Waals surface area contributed by atoms with Crippen molar-refractivity contribution in [2.45, 2.75) is 44.6 Å². The third kappa shape index (κ3) is 3.97. The highest BCUT2D eigenvalue weighted by Crippen LogP contribution is 2.24. The van der Waals surface area contributed by atoms with Crippen molar-refractivity contribution in [3.05, 3.63) is 24.3 Å². The minimum absolute atomic E-state index is 0.00908. The van der Waals surface area contributed by atoms with Gasteiger partial charge in [-0.1, -0.05) is 18.9 Å². The molecule has 21 heavy (non-hydrogen) atoms. The Morgan fingerprint density at radius 3 is 2.67 bits per heavy atom. The second kappa shape index (κ2) is 6.94. The molecule has 0 aromatic heterocycles. The predicted molar refractivity (Wildman–Crippen MR) is 84.5 cm³/mol. The van der Waals surface area contributed by atoms with Gasteiger partial charge in [0.2, 0.25) is 5.91 Å². The first kappa shape index (κ1) is 14.4. The van der Waals surface area contributed by atoms with Crippen LogP contribution in [0.5, 0.6) is 0 Å². The van der Waals surface area contributed by atoms with E-state index in [9.17, 15) is 4.79 Å². The highest BCUT2D eigenvalue weighted by molar-refractivity contribution is 5.93. The van der Waals surface area contributed by atoms with E-state index < -0.39 is 0 Å². The Balaban J connectivity index is 1.58. The molecule has 2 fully saturated rings. The van der Waals surface area contributed by atoms with Crippen molar-refractivity contribution < 1.29 is 9.53 Å². The first-order valence-electron chi connectivity index (χ1n) is 8.06. The van der Waals surface area contributed by atoms with E-state index in [0.717, 1.165) is 30.8 Å². The summed E-state index contributed by atoms with van der Waals surface area (Å²) < 4.78 is 5.38. The summed E-state index contributed by atoms with van der Waals surface area (Å²) in [6, 6.07) is 8.62. The van der Waals surface area contributed by atoms with Gasteiger partial charge in [-0.15, -0.1) is 0 Å². The molecule has 1 aliphatic heterocycles. The lowest BCUT2D eigenvalue weighted by Gasteiger charge is -2.21. The van der Waals surface area contributed by atoms with Gasteiger partial charge in [0, 0.05) is 24.0 Å². The van der Waals surface area contributed by atoms with Crippen LogP contribution in [0.2, 0.25) is 0 Å². The van der Waals surface area contributed by atoms with E-state index in [1.807, 2.05) is 18.2 Å². The number of hydrogen-bond donors (Lipinski definition) is 2. The fourth-order valence-corrected chi connectivity index (χ4v) is 3.18. The quantitative estimate of drug-likeness (QED) is 0.892. The van der Waals surface area contributed by atoms with Crippen LogP contribution in [0.1, 0.15) is 38.5 Å². The largest absolute Gasteiger partial charge is 0.382 e. The Kier molecular flexibility index (Phi) is 4.76. The van der Waals surface area contributed by atoms with Gasteiger partial charge in [-0.05, 0) is 43.9 Å². The zero-order valence-electron chi connectivity index (χ0n) is 12.4. The van der Waals surface area contributed by atoms with Crippen LogP contribution < -0.4 is 10.6 Å². The Morgan fingerprint density at radius 2 is 1.90 bits per heavy atom. The standard InChI is InChI=1S/C17H24N2O2/c20-17(13-5-4-10-21-12-13)19-16-9-3-8-15(11-16)18-14-6-1-2-7-14/h3,8-9,11,13-14,18H,1-2,4-7,10,12H2,(H,19,20)/t13-/m0/s1. The minimum atomic E-state index is -0.00908. The second-order valence-corrected chi connectivity index (χ2v) is 6.11. The van der Waals surface area contributed by atoms with Gasteiger partial charge in [0.15, 0.2) is 0 Å². The minimum Gasteiger partial charge on any atom is -0.382 e. The highest BCUT2D eigenvalue weighted by Gasteiger charge is 2.22. The van der Waals surface area contributed by atoms with Crippen LogP contribution in [0.3, 0.4) is 0 Å². The number of carbonyl (C=O) groups is 1. The second-order valence-electron chi connectivity index (χ2n) is 6.11. The van der Waals surface area contributed by atoms with Gasteiger partial charge in [-0.2, -0.15) is 0 Å². The van der Waals surface area contributed by atoms with E-state index >= 15 is 0 Å². The highest BCUT2D eigenvalue weighted by atomic mass is 16.5. The maximum Gasteiger partial charge on any atom is 0.229 e. The van der Waals surface area contributed by atoms with Gasteiger partial charge >= 0.3 is 0 Å². The van der Waals surface area contributed by atoms with Gasteiger partial charge in [0.1, 0.15) is 0 Å². The molecule has 3 rings (SSSR count). The van der Waals surface area contributed by atoms with Gasteiger partial charge in [-0.25, -0.2) is 0 Å². The molecule has 1 atom stereocenters. The van der Waals surface area contributed by atoms with Crippen molar-refractivity contribution in [3.63, 3.8) is 0 Å². The van der Waals surface area contributed by atoms with Crippen LogP contribution in [0.15, 0.2) is 24.3 Å². The average Bonchev–Trinajstić information content (AvgIpc) is 3.01. The number of amides is 1. The molecule has 1 aliphatic carbocycles. The molecule has 1 heterocycles. The summed E-state index contributed by atoms with van der Waals surface area (Å²) in [5, 5.41) is 6.58. The normalized spacial score (nSPS) is 23.0. The Labute approximate surface area is 126 Å². The molecule has 114 valence electrons. The van der Waals surface area contributed by atoms with E-state index in [4.69, 9.17) is 4.74 Å². The van der Waals surface area contributed by atoms with Gasteiger partial charge < -0.3 is 15.4 Å². The molecule has 2 N–H and O–H groups in total. The lowest BCUT2D eigenvalue weighted by atomic mass is 10.0. The maximum atomic E-state index is 12.2.